The summed E-state index contributed by atoms with van der Waals surface area (Å²) < 4.78 is 6.98. The van der Waals surface area contributed by atoms with Crippen LogP contribution in [0.3, 0.4) is 0 Å². The lowest BCUT2D eigenvalue weighted by Crippen LogP contribution is -2.46. The van der Waals surface area contributed by atoms with Crippen LogP contribution in [0.25, 0.3) is 10.2 Å². The summed E-state index contributed by atoms with van der Waals surface area (Å²) in [6.07, 6.45) is 2.49. The predicted octanol–water partition coefficient (Wildman–Crippen LogP) is 5.38. The molecule has 0 bridgehead atoms. The molecule has 2 unspecified atom stereocenters. The summed E-state index contributed by atoms with van der Waals surface area (Å²) in [5.41, 5.74) is 1.79. The van der Waals surface area contributed by atoms with Crippen LogP contribution >= 0.6 is 22.9 Å². The van der Waals surface area contributed by atoms with E-state index in [0.29, 0.717) is 24.6 Å². The van der Waals surface area contributed by atoms with Crippen LogP contribution in [0, 0.1) is 0 Å². The zero-order valence-electron chi connectivity index (χ0n) is 16.2. The fourth-order valence-electron chi connectivity index (χ4n) is 4.01. The van der Waals surface area contributed by atoms with Crippen molar-refractivity contribution in [2.75, 3.05) is 13.2 Å². The molecule has 1 fully saturated rings. The molecule has 1 aromatic heterocycles. The first-order chi connectivity index (χ1) is 14.1. The van der Waals surface area contributed by atoms with E-state index >= 15 is 0 Å². The fourth-order valence-corrected chi connectivity index (χ4v) is 5.30. The SMILES string of the molecule is CCOc1ccc(Cl)cc1C(c1nc2ccccc2s1)N1CCCCC1C(=O)O. The van der Waals surface area contributed by atoms with Gasteiger partial charge in [0.05, 0.1) is 22.9 Å². The molecule has 0 aliphatic carbocycles. The third-order valence-electron chi connectivity index (χ3n) is 5.27. The second kappa shape index (κ2) is 8.69. The lowest BCUT2D eigenvalue weighted by molar-refractivity contribution is -0.145. The highest BCUT2D eigenvalue weighted by molar-refractivity contribution is 7.18. The Morgan fingerprint density at radius 2 is 2.17 bits per heavy atom. The number of para-hydroxylation sites is 1. The van der Waals surface area contributed by atoms with E-state index in [0.717, 1.165) is 39.4 Å². The molecule has 0 amide bonds. The Morgan fingerprint density at radius 3 is 2.93 bits per heavy atom. The molecular formula is C22H23ClN2O3S. The number of hydrogen-bond donors (Lipinski definition) is 1. The first kappa shape index (κ1) is 20.1. The Hall–Kier alpha value is -2.15. The van der Waals surface area contributed by atoms with E-state index in [1.165, 1.54) is 0 Å². The number of hydrogen-bond acceptors (Lipinski definition) is 5. The molecule has 2 aromatic carbocycles. The first-order valence-electron chi connectivity index (χ1n) is 9.84. The van der Waals surface area contributed by atoms with Crippen molar-refractivity contribution in [3.8, 4) is 5.75 Å². The van der Waals surface area contributed by atoms with Gasteiger partial charge in [-0.05, 0) is 50.1 Å². The van der Waals surface area contributed by atoms with Crippen LogP contribution in [0.2, 0.25) is 5.02 Å². The summed E-state index contributed by atoms with van der Waals surface area (Å²) in [6, 6.07) is 12.6. The molecule has 152 valence electrons. The van der Waals surface area contributed by atoms with Crippen LogP contribution in [-0.4, -0.2) is 40.2 Å². The molecule has 1 N–H and O–H groups in total. The lowest BCUT2D eigenvalue weighted by atomic mass is 9.96. The summed E-state index contributed by atoms with van der Waals surface area (Å²) >= 11 is 7.95. The van der Waals surface area contributed by atoms with Crippen LogP contribution in [0.15, 0.2) is 42.5 Å². The standard InChI is InChI=1S/C22H23ClN2O3S/c1-2-28-18-11-10-14(23)13-15(18)20(25-12-6-5-8-17(25)22(26)27)21-24-16-7-3-4-9-19(16)29-21/h3-4,7,9-11,13,17,20H,2,5-6,8,12H2,1H3,(H,26,27). The van der Waals surface area contributed by atoms with Crippen molar-refractivity contribution in [3.05, 3.63) is 58.1 Å². The van der Waals surface area contributed by atoms with Crippen molar-refractivity contribution < 1.29 is 14.6 Å². The number of halogens is 1. The number of ether oxygens (including phenoxy) is 1. The van der Waals surface area contributed by atoms with Gasteiger partial charge in [-0.1, -0.05) is 30.2 Å². The summed E-state index contributed by atoms with van der Waals surface area (Å²) in [7, 11) is 0. The van der Waals surface area contributed by atoms with Crippen LogP contribution in [0.1, 0.15) is 42.8 Å². The first-order valence-corrected chi connectivity index (χ1v) is 11.0. The van der Waals surface area contributed by atoms with Gasteiger partial charge in [0.2, 0.25) is 0 Å². The molecule has 29 heavy (non-hydrogen) atoms. The topological polar surface area (TPSA) is 62.7 Å². The molecule has 1 aliphatic rings. The van der Waals surface area contributed by atoms with Gasteiger partial charge in [-0.25, -0.2) is 4.98 Å². The van der Waals surface area contributed by atoms with Crippen molar-refractivity contribution in [2.24, 2.45) is 0 Å². The molecule has 4 rings (SSSR count). The smallest absolute Gasteiger partial charge is 0.320 e. The molecular weight excluding hydrogens is 408 g/mol. The average Bonchev–Trinajstić information content (AvgIpc) is 3.14. The largest absolute Gasteiger partial charge is 0.494 e. The van der Waals surface area contributed by atoms with E-state index in [1.54, 1.807) is 17.4 Å². The highest BCUT2D eigenvalue weighted by Gasteiger charge is 2.38. The second-order valence-corrected chi connectivity index (χ2v) is 8.62. The van der Waals surface area contributed by atoms with Gasteiger partial charge in [0.25, 0.3) is 0 Å². The van der Waals surface area contributed by atoms with Crippen molar-refractivity contribution in [3.63, 3.8) is 0 Å². The molecule has 0 radical (unpaired) electrons. The van der Waals surface area contributed by atoms with Gasteiger partial charge in [0, 0.05) is 17.1 Å². The summed E-state index contributed by atoms with van der Waals surface area (Å²) in [4.78, 5) is 19.0. The zero-order valence-corrected chi connectivity index (χ0v) is 17.7. The minimum atomic E-state index is -0.796. The third kappa shape index (κ3) is 4.10. The highest BCUT2D eigenvalue weighted by Crippen LogP contribution is 2.42. The monoisotopic (exact) mass is 430 g/mol. The molecule has 3 aromatic rings. The summed E-state index contributed by atoms with van der Waals surface area (Å²) in [6.45, 7) is 3.14. The van der Waals surface area contributed by atoms with Crippen molar-refractivity contribution in [1.82, 2.24) is 9.88 Å². The van der Waals surface area contributed by atoms with E-state index in [4.69, 9.17) is 21.3 Å². The Kier molecular flexibility index (Phi) is 6.04. The van der Waals surface area contributed by atoms with Gasteiger partial charge in [0.15, 0.2) is 0 Å². The molecule has 1 aliphatic heterocycles. The fraction of sp³-hybridized carbons (Fsp3) is 0.364. The van der Waals surface area contributed by atoms with Gasteiger partial charge < -0.3 is 9.84 Å². The van der Waals surface area contributed by atoms with Crippen LogP contribution in [0.4, 0.5) is 0 Å². The number of fused-ring (bicyclic) bond motifs is 1. The van der Waals surface area contributed by atoms with Gasteiger partial charge >= 0.3 is 5.97 Å². The lowest BCUT2D eigenvalue weighted by Gasteiger charge is -2.38. The van der Waals surface area contributed by atoms with Crippen LogP contribution < -0.4 is 4.74 Å². The Morgan fingerprint density at radius 1 is 1.34 bits per heavy atom. The number of benzene rings is 2. The number of carbonyl (C=O) groups is 1. The molecule has 2 heterocycles. The van der Waals surface area contributed by atoms with E-state index < -0.39 is 12.0 Å². The number of rotatable bonds is 6. The molecule has 0 saturated carbocycles. The number of aromatic nitrogens is 1. The van der Waals surface area contributed by atoms with Gasteiger partial charge in [-0.3, -0.25) is 9.69 Å². The number of thiazole rings is 1. The highest BCUT2D eigenvalue weighted by atomic mass is 35.5. The number of likely N-dealkylation sites (tertiary alicyclic amines) is 1. The van der Waals surface area contributed by atoms with Crippen LogP contribution in [0.5, 0.6) is 5.75 Å². The number of carboxylic acid groups (broad SMARTS) is 1. The predicted molar refractivity (Wildman–Crippen MR) is 116 cm³/mol. The number of piperidine rings is 1. The second-order valence-electron chi connectivity index (χ2n) is 7.13. The maximum atomic E-state index is 12.1. The molecule has 0 spiro atoms. The quantitative estimate of drug-likeness (QED) is 0.569. The van der Waals surface area contributed by atoms with E-state index in [9.17, 15) is 9.90 Å². The minimum absolute atomic E-state index is 0.325. The van der Waals surface area contributed by atoms with Crippen molar-refractivity contribution in [1.29, 1.82) is 0 Å². The van der Waals surface area contributed by atoms with Crippen LogP contribution in [-0.2, 0) is 4.79 Å². The Balaban J connectivity index is 1.89. The van der Waals surface area contributed by atoms with E-state index in [-0.39, 0.29) is 6.04 Å². The Bertz CT molecular complexity index is 989. The third-order valence-corrected chi connectivity index (χ3v) is 6.60. The van der Waals surface area contributed by atoms with E-state index in [1.807, 2.05) is 43.3 Å². The number of carboxylic acids is 1. The average molecular weight is 431 g/mol. The molecule has 5 nitrogen and oxygen atoms in total. The Labute approximate surface area is 178 Å². The zero-order chi connectivity index (χ0) is 20.4. The van der Waals surface area contributed by atoms with Gasteiger partial charge in [-0.2, -0.15) is 0 Å². The van der Waals surface area contributed by atoms with Gasteiger partial charge in [-0.15, -0.1) is 11.3 Å². The number of nitrogens with zero attached hydrogens (tertiary/aromatic N) is 2. The number of aliphatic carboxylic acids is 1. The van der Waals surface area contributed by atoms with Gasteiger partial charge in [0.1, 0.15) is 16.8 Å². The van der Waals surface area contributed by atoms with Crippen molar-refractivity contribution in [2.45, 2.75) is 38.3 Å². The normalized spacial score (nSPS) is 18.6. The molecule has 7 heteroatoms. The summed E-state index contributed by atoms with van der Waals surface area (Å²) in [5.74, 6) is -0.0772. The molecule has 1 saturated heterocycles. The van der Waals surface area contributed by atoms with E-state index in [2.05, 4.69) is 4.90 Å². The minimum Gasteiger partial charge on any atom is -0.494 e. The maximum Gasteiger partial charge on any atom is 0.320 e. The molecule has 2 atom stereocenters. The maximum absolute atomic E-state index is 12.1. The summed E-state index contributed by atoms with van der Waals surface area (Å²) in [5, 5.41) is 11.4. The van der Waals surface area contributed by atoms with Crippen molar-refractivity contribution >= 4 is 39.1 Å².